The lowest BCUT2D eigenvalue weighted by molar-refractivity contribution is -0.122. The number of amides is 2. The highest BCUT2D eigenvalue weighted by atomic mass is 16.5. The standard InChI is InChI=1S/C26H28N2O3/c1-3-9-25(29)27-21-12-8-13-22(18-21)28-26(30)24(4-2)31-23-16-14-20(15-17-23)19-10-6-5-7-11-19/h5-8,10-18,24H,3-4,9H2,1-2H3,(H,27,29)(H,28,30). The van der Waals surface area contributed by atoms with Gasteiger partial charge in [-0.25, -0.2) is 0 Å². The Labute approximate surface area is 183 Å². The van der Waals surface area contributed by atoms with Crippen molar-refractivity contribution in [1.82, 2.24) is 0 Å². The maximum atomic E-state index is 12.7. The summed E-state index contributed by atoms with van der Waals surface area (Å²) in [6, 6.07) is 24.9. The summed E-state index contributed by atoms with van der Waals surface area (Å²) in [5, 5.41) is 5.72. The Kier molecular flexibility index (Phi) is 7.82. The predicted molar refractivity (Wildman–Crippen MR) is 125 cm³/mol. The molecule has 0 heterocycles. The number of nitrogens with one attached hydrogen (secondary N) is 2. The Hall–Kier alpha value is -3.60. The summed E-state index contributed by atoms with van der Waals surface area (Å²) in [7, 11) is 0. The van der Waals surface area contributed by atoms with Gasteiger partial charge in [-0.1, -0.05) is 62.4 Å². The molecule has 5 nitrogen and oxygen atoms in total. The largest absolute Gasteiger partial charge is 0.481 e. The highest BCUT2D eigenvalue weighted by Crippen LogP contribution is 2.23. The van der Waals surface area contributed by atoms with Crippen molar-refractivity contribution in [2.45, 2.75) is 39.2 Å². The van der Waals surface area contributed by atoms with Crippen molar-refractivity contribution < 1.29 is 14.3 Å². The first-order chi connectivity index (χ1) is 15.1. The molecule has 0 spiro atoms. The Balaban J connectivity index is 1.62. The van der Waals surface area contributed by atoms with Gasteiger partial charge < -0.3 is 15.4 Å². The molecule has 0 saturated heterocycles. The average Bonchev–Trinajstić information content (AvgIpc) is 2.79. The van der Waals surface area contributed by atoms with Crippen LogP contribution in [0.3, 0.4) is 0 Å². The van der Waals surface area contributed by atoms with Gasteiger partial charge in [0, 0.05) is 17.8 Å². The predicted octanol–water partition coefficient (Wildman–Crippen LogP) is 5.89. The van der Waals surface area contributed by atoms with Crippen LogP contribution in [0.1, 0.15) is 33.1 Å². The first-order valence-corrected chi connectivity index (χ1v) is 10.6. The lowest BCUT2D eigenvalue weighted by Crippen LogP contribution is -2.32. The van der Waals surface area contributed by atoms with Gasteiger partial charge in [0.1, 0.15) is 5.75 Å². The number of anilines is 2. The molecular formula is C26H28N2O3. The van der Waals surface area contributed by atoms with Crippen molar-refractivity contribution in [3.05, 3.63) is 78.9 Å². The van der Waals surface area contributed by atoms with Gasteiger partial charge in [-0.15, -0.1) is 0 Å². The van der Waals surface area contributed by atoms with Gasteiger partial charge in [-0.3, -0.25) is 9.59 Å². The Morgan fingerprint density at radius 2 is 1.45 bits per heavy atom. The molecule has 0 aliphatic rings. The van der Waals surface area contributed by atoms with E-state index in [4.69, 9.17) is 4.74 Å². The van der Waals surface area contributed by atoms with E-state index < -0.39 is 6.10 Å². The van der Waals surface area contributed by atoms with Crippen LogP contribution in [-0.4, -0.2) is 17.9 Å². The normalized spacial score (nSPS) is 11.4. The molecule has 3 aromatic carbocycles. The zero-order valence-electron chi connectivity index (χ0n) is 17.9. The van der Waals surface area contributed by atoms with Crippen LogP contribution in [0.2, 0.25) is 0 Å². The summed E-state index contributed by atoms with van der Waals surface area (Å²) >= 11 is 0. The summed E-state index contributed by atoms with van der Waals surface area (Å²) in [6.07, 6.45) is 1.15. The third-order valence-electron chi connectivity index (χ3n) is 4.79. The molecule has 0 aliphatic heterocycles. The molecule has 160 valence electrons. The first kappa shape index (κ1) is 22.1. The zero-order valence-corrected chi connectivity index (χ0v) is 17.9. The van der Waals surface area contributed by atoms with Crippen molar-refractivity contribution in [3.8, 4) is 16.9 Å². The number of carbonyl (C=O) groups is 2. The molecule has 0 saturated carbocycles. The van der Waals surface area contributed by atoms with E-state index in [0.29, 0.717) is 30.0 Å². The number of hydrogen-bond acceptors (Lipinski definition) is 3. The van der Waals surface area contributed by atoms with Crippen molar-refractivity contribution in [3.63, 3.8) is 0 Å². The van der Waals surface area contributed by atoms with Crippen LogP contribution in [0.25, 0.3) is 11.1 Å². The molecule has 0 aliphatic carbocycles. The van der Waals surface area contributed by atoms with E-state index >= 15 is 0 Å². The van der Waals surface area contributed by atoms with Crippen LogP contribution in [0.4, 0.5) is 11.4 Å². The highest BCUT2D eigenvalue weighted by molar-refractivity contribution is 5.96. The second-order valence-corrected chi connectivity index (χ2v) is 7.27. The fourth-order valence-electron chi connectivity index (χ4n) is 3.19. The number of rotatable bonds is 9. The van der Waals surface area contributed by atoms with E-state index in [-0.39, 0.29) is 11.8 Å². The summed E-state index contributed by atoms with van der Waals surface area (Å²) in [6.45, 7) is 3.86. The quantitative estimate of drug-likeness (QED) is 0.457. The van der Waals surface area contributed by atoms with Crippen molar-refractivity contribution >= 4 is 23.2 Å². The molecule has 31 heavy (non-hydrogen) atoms. The maximum absolute atomic E-state index is 12.7. The molecule has 0 radical (unpaired) electrons. The van der Waals surface area contributed by atoms with Gasteiger partial charge in [0.2, 0.25) is 5.91 Å². The maximum Gasteiger partial charge on any atom is 0.265 e. The van der Waals surface area contributed by atoms with E-state index in [1.54, 1.807) is 24.3 Å². The molecule has 3 rings (SSSR count). The molecule has 0 aromatic heterocycles. The van der Waals surface area contributed by atoms with E-state index in [9.17, 15) is 9.59 Å². The SMILES string of the molecule is CCCC(=O)Nc1cccc(NC(=O)C(CC)Oc2ccc(-c3ccccc3)cc2)c1. The van der Waals surface area contributed by atoms with Gasteiger partial charge in [0.25, 0.3) is 5.91 Å². The second-order valence-electron chi connectivity index (χ2n) is 7.27. The minimum absolute atomic E-state index is 0.0419. The van der Waals surface area contributed by atoms with E-state index in [1.807, 2.05) is 56.3 Å². The van der Waals surface area contributed by atoms with Crippen LogP contribution in [0.15, 0.2) is 78.9 Å². The fraction of sp³-hybridized carbons (Fsp3) is 0.231. The van der Waals surface area contributed by atoms with Gasteiger partial charge >= 0.3 is 0 Å². The Morgan fingerprint density at radius 1 is 0.806 bits per heavy atom. The van der Waals surface area contributed by atoms with E-state index in [1.165, 1.54) is 0 Å². The van der Waals surface area contributed by atoms with Crippen LogP contribution < -0.4 is 15.4 Å². The number of carbonyl (C=O) groups excluding carboxylic acids is 2. The van der Waals surface area contributed by atoms with Crippen LogP contribution in [-0.2, 0) is 9.59 Å². The van der Waals surface area contributed by atoms with Crippen LogP contribution in [0, 0.1) is 0 Å². The van der Waals surface area contributed by atoms with Crippen molar-refractivity contribution in [2.24, 2.45) is 0 Å². The van der Waals surface area contributed by atoms with Crippen molar-refractivity contribution in [1.29, 1.82) is 0 Å². The number of hydrogen-bond donors (Lipinski definition) is 2. The Bertz CT molecular complexity index is 1000. The summed E-state index contributed by atoms with van der Waals surface area (Å²) < 4.78 is 5.93. The minimum atomic E-state index is -0.624. The average molecular weight is 417 g/mol. The molecule has 0 fully saturated rings. The molecular weight excluding hydrogens is 388 g/mol. The lowest BCUT2D eigenvalue weighted by atomic mass is 10.1. The third-order valence-corrected chi connectivity index (χ3v) is 4.79. The molecule has 2 N–H and O–H groups in total. The number of benzene rings is 3. The smallest absolute Gasteiger partial charge is 0.265 e. The number of ether oxygens (including phenoxy) is 1. The molecule has 0 bridgehead atoms. The fourth-order valence-corrected chi connectivity index (χ4v) is 3.19. The van der Waals surface area contributed by atoms with Crippen LogP contribution >= 0.6 is 0 Å². The van der Waals surface area contributed by atoms with Gasteiger partial charge in [0.15, 0.2) is 6.10 Å². The van der Waals surface area contributed by atoms with E-state index in [0.717, 1.165) is 17.5 Å². The van der Waals surface area contributed by atoms with Crippen LogP contribution in [0.5, 0.6) is 5.75 Å². The zero-order chi connectivity index (χ0) is 22.1. The molecule has 1 atom stereocenters. The third kappa shape index (κ3) is 6.44. The van der Waals surface area contributed by atoms with Gasteiger partial charge in [-0.2, -0.15) is 0 Å². The molecule has 3 aromatic rings. The van der Waals surface area contributed by atoms with Gasteiger partial charge in [-0.05, 0) is 54.3 Å². The van der Waals surface area contributed by atoms with Crippen molar-refractivity contribution in [2.75, 3.05) is 10.6 Å². The summed E-state index contributed by atoms with van der Waals surface area (Å²) in [5.41, 5.74) is 3.49. The molecule has 5 heteroatoms. The Morgan fingerprint density at radius 3 is 2.10 bits per heavy atom. The molecule has 1 unspecified atom stereocenters. The second kappa shape index (κ2) is 11.0. The monoisotopic (exact) mass is 416 g/mol. The highest BCUT2D eigenvalue weighted by Gasteiger charge is 2.19. The first-order valence-electron chi connectivity index (χ1n) is 10.6. The summed E-state index contributed by atoms with van der Waals surface area (Å²) in [5.74, 6) is 0.369. The van der Waals surface area contributed by atoms with E-state index in [2.05, 4.69) is 22.8 Å². The lowest BCUT2D eigenvalue weighted by Gasteiger charge is -2.18. The topological polar surface area (TPSA) is 67.4 Å². The minimum Gasteiger partial charge on any atom is -0.481 e. The molecule has 2 amide bonds. The summed E-state index contributed by atoms with van der Waals surface area (Å²) in [4.78, 5) is 24.5. The van der Waals surface area contributed by atoms with Gasteiger partial charge in [0.05, 0.1) is 0 Å².